The molecule has 4 heterocycles. The molecule has 0 bridgehead atoms. The number of hydrogen-bond acceptors (Lipinski definition) is 5. The number of piperidine rings is 2. The number of H-pyrrole nitrogens is 1. The number of aromatic amines is 1. The van der Waals surface area contributed by atoms with E-state index in [-0.39, 0.29) is 23.4 Å². The fraction of sp³-hybridized carbons (Fsp3) is 0.414. The van der Waals surface area contributed by atoms with E-state index in [1.807, 2.05) is 18.3 Å². The molecule has 2 N–H and O–H groups in total. The highest BCUT2D eigenvalue weighted by atomic mass is 19.2. The van der Waals surface area contributed by atoms with Gasteiger partial charge in [0, 0.05) is 38.7 Å². The number of carbonyl (C=O) groups is 2. The highest BCUT2D eigenvalue weighted by Gasteiger charge is 2.34. The van der Waals surface area contributed by atoms with Gasteiger partial charge in [-0.25, -0.2) is 13.2 Å². The maximum Gasteiger partial charge on any atom is 0.246 e. The monoisotopic (exact) mass is 542 g/mol. The van der Waals surface area contributed by atoms with Crippen LogP contribution in [0.3, 0.4) is 0 Å². The maximum absolute atomic E-state index is 13.4. The van der Waals surface area contributed by atoms with E-state index in [4.69, 9.17) is 5.11 Å². The number of amides is 1. The largest absolute Gasteiger partial charge is 0.400 e. The third kappa shape index (κ3) is 6.39. The lowest BCUT2D eigenvalue weighted by atomic mass is 9.85. The first kappa shape index (κ1) is 28.5. The van der Waals surface area contributed by atoms with Crippen LogP contribution < -0.4 is 0 Å². The average Bonchev–Trinajstić information content (AvgIpc) is 3.41. The minimum Gasteiger partial charge on any atom is -0.400 e. The Morgan fingerprint density at radius 3 is 2.38 bits per heavy atom. The van der Waals surface area contributed by atoms with Gasteiger partial charge in [-0.3, -0.25) is 14.7 Å². The van der Waals surface area contributed by atoms with Crippen LogP contribution in [0.2, 0.25) is 0 Å². The van der Waals surface area contributed by atoms with Gasteiger partial charge in [0.1, 0.15) is 6.29 Å². The Morgan fingerprint density at radius 1 is 1.08 bits per heavy atom. The summed E-state index contributed by atoms with van der Waals surface area (Å²) in [5, 5.41) is 7.00. The van der Waals surface area contributed by atoms with Crippen molar-refractivity contribution in [2.75, 3.05) is 33.3 Å². The second-order valence-corrected chi connectivity index (χ2v) is 9.88. The van der Waals surface area contributed by atoms with Crippen LogP contribution in [0.4, 0.5) is 13.2 Å². The van der Waals surface area contributed by atoms with Crippen molar-refractivity contribution in [3.05, 3.63) is 71.3 Å². The lowest BCUT2D eigenvalue weighted by Crippen LogP contribution is -2.49. The predicted octanol–water partition coefficient (Wildman–Crippen LogP) is 4.29. The molecule has 0 saturated carbocycles. The highest BCUT2D eigenvalue weighted by Crippen LogP contribution is 2.34. The van der Waals surface area contributed by atoms with Gasteiger partial charge in [-0.2, -0.15) is 0 Å². The molecule has 208 valence electrons. The number of hydrogen-bond donors (Lipinski definition) is 2. The molecule has 1 amide bonds. The summed E-state index contributed by atoms with van der Waals surface area (Å²) in [5.74, 6) is -3.84. The zero-order valence-corrected chi connectivity index (χ0v) is 21.8. The molecule has 39 heavy (non-hydrogen) atoms. The van der Waals surface area contributed by atoms with Crippen molar-refractivity contribution in [1.29, 1.82) is 0 Å². The van der Waals surface area contributed by atoms with E-state index in [1.54, 1.807) is 4.90 Å². The molecule has 0 aliphatic carbocycles. The number of rotatable bonds is 6. The van der Waals surface area contributed by atoms with E-state index in [0.29, 0.717) is 31.8 Å². The second kappa shape index (κ2) is 13.0. The van der Waals surface area contributed by atoms with Crippen molar-refractivity contribution in [2.24, 2.45) is 5.92 Å². The summed E-state index contributed by atoms with van der Waals surface area (Å²) >= 11 is 0. The molecule has 10 heteroatoms. The molecule has 2 aliphatic rings. The number of likely N-dealkylation sites (tertiary alicyclic amines) is 2. The van der Waals surface area contributed by atoms with Crippen LogP contribution in [0.25, 0.3) is 17.1 Å². The third-order valence-electron chi connectivity index (χ3n) is 7.75. The van der Waals surface area contributed by atoms with Gasteiger partial charge in [0.15, 0.2) is 17.5 Å². The van der Waals surface area contributed by atoms with Crippen LogP contribution in [0.5, 0.6) is 0 Å². The van der Waals surface area contributed by atoms with Gasteiger partial charge < -0.3 is 19.8 Å². The van der Waals surface area contributed by atoms with Crippen LogP contribution in [-0.4, -0.2) is 76.4 Å². The number of fused-ring (bicyclic) bond motifs is 1. The zero-order chi connectivity index (χ0) is 27.9. The van der Waals surface area contributed by atoms with Crippen molar-refractivity contribution >= 4 is 29.3 Å². The fourth-order valence-electron chi connectivity index (χ4n) is 5.70. The topological polar surface area (TPSA) is 89.5 Å². The normalized spacial score (nSPS) is 18.2. The Hall–Kier alpha value is -3.50. The molecule has 2 fully saturated rings. The molecule has 1 atom stereocenters. The number of benzene rings is 1. The molecular formula is C29H33F3N4O3. The molecule has 5 rings (SSSR count). The fourth-order valence-corrected chi connectivity index (χ4v) is 5.70. The SMILES string of the molecule is CO.O=CC(C1CCN(C(=O)/C=C/c2cc(F)c(F)c(F)c2)CC1)N1CCC(c2c[nH]c3cccnc23)CC1. The van der Waals surface area contributed by atoms with Gasteiger partial charge in [0.2, 0.25) is 5.91 Å². The Bertz CT molecular complexity index is 1290. The van der Waals surface area contributed by atoms with E-state index in [0.717, 1.165) is 62.5 Å². The molecular weight excluding hydrogens is 509 g/mol. The number of nitrogens with zero attached hydrogens (tertiary/aromatic N) is 3. The molecule has 2 aliphatic heterocycles. The molecule has 1 unspecified atom stereocenters. The number of aldehydes is 1. The van der Waals surface area contributed by atoms with Gasteiger partial charge >= 0.3 is 0 Å². The average molecular weight is 543 g/mol. The zero-order valence-electron chi connectivity index (χ0n) is 21.8. The van der Waals surface area contributed by atoms with Gasteiger partial charge in [0.05, 0.1) is 17.1 Å². The third-order valence-corrected chi connectivity index (χ3v) is 7.75. The van der Waals surface area contributed by atoms with Gasteiger partial charge in [-0.05, 0) is 92.1 Å². The molecule has 1 aromatic carbocycles. The number of carbonyl (C=O) groups excluding carboxylic acids is 2. The summed E-state index contributed by atoms with van der Waals surface area (Å²) in [6, 6.07) is 5.46. The quantitative estimate of drug-likeness (QED) is 0.276. The Balaban J connectivity index is 0.00000172. The number of aliphatic hydroxyl groups is 1. The van der Waals surface area contributed by atoms with Crippen LogP contribution >= 0.6 is 0 Å². The molecule has 2 saturated heterocycles. The van der Waals surface area contributed by atoms with E-state index < -0.39 is 17.5 Å². The van der Waals surface area contributed by atoms with Gasteiger partial charge in [-0.1, -0.05) is 0 Å². The highest BCUT2D eigenvalue weighted by molar-refractivity contribution is 5.91. The number of aromatic nitrogens is 2. The number of pyridine rings is 1. The standard InChI is InChI=1S/C28H29F3N4O2.CH4O/c29-22-14-18(15-23(30)27(22)31)3-4-26(37)35-12-7-20(8-13-35)25(17-36)34-10-5-19(6-11-34)21-16-33-24-2-1-9-32-28(21)24;1-2/h1-4,9,14-17,19-20,25,33H,5-8,10-13H2;2H,1H3/b4-3+;. The lowest BCUT2D eigenvalue weighted by molar-refractivity contribution is -0.128. The molecule has 2 aromatic heterocycles. The lowest BCUT2D eigenvalue weighted by Gasteiger charge is -2.41. The van der Waals surface area contributed by atoms with Crippen LogP contribution in [0, 0.1) is 23.4 Å². The van der Waals surface area contributed by atoms with E-state index in [1.165, 1.54) is 17.7 Å². The minimum absolute atomic E-state index is 0.0764. The summed E-state index contributed by atoms with van der Waals surface area (Å²) in [6.45, 7) is 2.67. The first-order valence-electron chi connectivity index (χ1n) is 13.1. The van der Waals surface area contributed by atoms with E-state index in [9.17, 15) is 22.8 Å². The van der Waals surface area contributed by atoms with Crippen molar-refractivity contribution in [1.82, 2.24) is 19.8 Å². The van der Waals surface area contributed by atoms with Crippen molar-refractivity contribution < 1.29 is 27.9 Å². The van der Waals surface area contributed by atoms with Crippen molar-refractivity contribution in [3.63, 3.8) is 0 Å². The van der Waals surface area contributed by atoms with Crippen LogP contribution in [0.1, 0.15) is 42.7 Å². The molecule has 0 radical (unpaired) electrons. The first-order valence-corrected chi connectivity index (χ1v) is 13.1. The van der Waals surface area contributed by atoms with Gasteiger partial charge in [-0.15, -0.1) is 0 Å². The van der Waals surface area contributed by atoms with Gasteiger partial charge in [0.25, 0.3) is 0 Å². The summed E-state index contributed by atoms with van der Waals surface area (Å²) < 4.78 is 39.9. The Morgan fingerprint density at radius 2 is 1.74 bits per heavy atom. The minimum atomic E-state index is -1.53. The Labute approximate surface area is 225 Å². The summed E-state index contributed by atoms with van der Waals surface area (Å²) in [5.41, 5.74) is 3.38. The summed E-state index contributed by atoms with van der Waals surface area (Å²) in [7, 11) is 1.00. The van der Waals surface area contributed by atoms with Crippen LogP contribution in [-0.2, 0) is 9.59 Å². The second-order valence-electron chi connectivity index (χ2n) is 9.88. The summed E-state index contributed by atoms with van der Waals surface area (Å²) in [6.07, 6.45) is 10.8. The van der Waals surface area contributed by atoms with E-state index in [2.05, 4.69) is 21.1 Å². The number of halogens is 3. The molecule has 0 spiro atoms. The maximum atomic E-state index is 13.4. The molecule has 3 aromatic rings. The smallest absolute Gasteiger partial charge is 0.246 e. The predicted molar refractivity (Wildman–Crippen MR) is 142 cm³/mol. The van der Waals surface area contributed by atoms with Crippen molar-refractivity contribution in [3.8, 4) is 0 Å². The Kier molecular flexibility index (Phi) is 9.53. The first-order chi connectivity index (χ1) is 18.9. The summed E-state index contributed by atoms with van der Waals surface area (Å²) in [4.78, 5) is 36.5. The van der Waals surface area contributed by atoms with Crippen LogP contribution in [0.15, 0.2) is 42.7 Å². The van der Waals surface area contributed by atoms with E-state index >= 15 is 0 Å². The number of nitrogens with one attached hydrogen (secondary N) is 1. The number of aliphatic hydroxyl groups excluding tert-OH is 1. The van der Waals surface area contributed by atoms with Crippen molar-refractivity contribution in [2.45, 2.75) is 37.6 Å². The molecule has 7 nitrogen and oxygen atoms in total.